The number of aliphatic hydroxyl groups is 1. The van der Waals surface area contributed by atoms with Crippen LogP contribution in [0, 0.1) is 52.3 Å². The lowest BCUT2D eigenvalue weighted by molar-refractivity contribution is -0.157. The standard InChI is InChI=1S/C62H111N11O12.C10H18ClN3O2/c1-25-27-28-40(15)52(75)51-56(79)65-43(26-2)58(81)67(18)33-48(74)68(19)44(29-34(3)4)55(78)66-49(38(11)12)61(84)69(20)45(30-35(5)6)54(77)63-41(16)53(76)64-42(17)57(80)70(21)46(31-36(7)8)59(82)71(22)47(32-37(9)10)60(83)72(23)50(39(13)14)62(85)73(51)24;1-8-2-4-9(5-3-8)12-10(15)14(13-16)7-6-11/h25,27,34-47,49-52,75H,26,28-33H2,1-24H3,(H,63,77)(H,64,76)(H,65,79)(H,66,78);8-9H,2-7H2,1H3,(H,12,15). The van der Waals surface area contributed by atoms with E-state index >= 15 is 9.59 Å². The van der Waals surface area contributed by atoms with E-state index in [1.165, 1.54) is 87.7 Å². The van der Waals surface area contributed by atoms with Gasteiger partial charge < -0.3 is 66.0 Å². The fourth-order valence-electron chi connectivity index (χ4n) is 12.6. The van der Waals surface area contributed by atoms with Gasteiger partial charge in [-0.25, -0.2) is 4.79 Å². The molecule has 0 aromatic rings. The number of hydrogen-bond donors (Lipinski definition) is 6. The number of carbonyl (C=O) groups excluding carboxylic acids is 12. The van der Waals surface area contributed by atoms with E-state index in [0.29, 0.717) is 6.42 Å². The summed E-state index contributed by atoms with van der Waals surface area (Å²) in [6, 6.07) is -12.6. The molecule has 6 N–H and O–H groups in total. The number of carbonyl (C=O) groups is 12. The van der Waals surface area contributed by atoms with Crippen molar-refractivity contribution < 1.29 is 62.6 Å². The number of rotatable bonds is 19. The second kappa shape index (κ2) is 43.9. The molecule has 12 atom stereocenters. The lowest BCUT2D eigenvalue weighted by atomic mass is 9.87. The molecular formula is C72H129ClN14O14. The maximum Gasteiger partial charge on any atom is 0.340 e. The summed E-state index contributed by atoms with van der Waals surface area (Å²) in [4.78, 5) is 190. The topological polar surface area (TPSA) is 341 Å². The number of hydrogen-bond acceptors (Lipinski definition) is 15. The van der Waals surface area contributed by atoms with Crippen LogP contribution in [-0.2, 0) is 52.7 Å². The van der Waals surface area contributed by atoms with Crippen LogP contribution in [0.2, 0.25) is 0 Å². The van der Waals surface area contributed by atoms with Crippen molar-refractivity contribution in [3.63, 3.8) is 0 Å². The number of nitroso groups, excluding NO2 is 1. The maximum absolute atomic E-state index is 15.1. The molecule has 1 aliphatic heterocycles. The number of amides is 13. The van der Waals surface area contributed by atoms with Gasteiger partial charge in [-0.05, 0) is 132 Å². The summed E-state index contributed by atoms with van der Waals surface area (Å²) in [5, 5.41) is 29.4. The third-order valence-electron chi connectivity index (χ3n) is 19.0. The molecule has 28 nitrogen and oxygen atoms in total. The van der Waals surface area contributed by atoms with Gasteiger partial charge in [-0.1, -0.05) is 116 Å². The van der Waals surface area contributed by atoms with Crippen molar-refractivity contribution in [2.24, 2.45) is 52.6 Å². The molecule has 1 saturated heterocycles. The van der Waals surface area contributed by atoms with Crippen LogP contribution in [0.25, 0.3) is 0 Å². The maximum atomic E-state index is 15.1. The van der Waals surface area contributed by atoms with Crippen molar-refractivity contribution in [1.29, 1.82) is 0 Å². The molecule has 0 spiro atoms. The van der Waals surface area contributed by atoms with Gasteiger partial charge in [0.25, 0.3) is 0 Å². The Kier molecular flexibility index (Phi) is 40.0. The number of nitrogens with one attached hydrogen (secondary N) is 5. The Bertz CT molecular complexity index is 2780. The first-order valence-corrected chi connectivity index (χ1v) is 36.7. The fraction of sp³-hybridized carbons (Fsp3) is 0.806. The average molecular weight is 1450 g/mol. The largest absolute Gasteiger partial charge is 0.390 e. The monoisotopic (exact) mass is 1450 g/mol. The lowest BCUT2D eigenvalue weighted by Crippen LogP contribution is -2.63. The third-order valence-corrected chi connectivity index (χ3v) is 19.2. The van der Waals surface area contributed by atoms with Gasteiger partial charge in [0.1, 0.15) is 60.4 Å². The van der Waals surface area contributed by atoms with E-state index in [2.05, 4.69) is 38.8 Å². The van der Waals surface area contributed by atoms with E-state index in [9.17, 15) is 58.0 Å². The van der Waals surface area contributed by atoms with Crippen molar-refractivity contribution in [2.75, 3.05) is 68.3 Å². The first-order valence-electron chi connectivity index (χ1n) is 36.2. The minimum absolute atomic E-state index is 0.0229. The molecule has 1 aliphatic carbocycles. The van der Waals surface area contributed by atoms with Crippen LogP contribution in [0.1, 0.15) is 189 Å². The SMILES string of the molecule is CC1CCC(NC(=O)N(CCCl)N=O)CC1.CC=CCC(C)C(O)C1C(=O)NC(CC)C(=O)N(C)CC(=O)N(C)C(CC(C)C)C(=O)NC(C(C)C)C(=O)N(C)C(CC(C)C)C(=O)NC(C)C(=O)NC(C)C(=O)N(C)C(CC(C)C)C(=O)N(C)C(CC(C)C)C(=O)N(C)C(C(C)C)C(=O)N1C. The molecule has 1 saturated carbocycles. The van der Waals surface area contributed by atoms with E-state index in [0.717, 1.165) is 46.4 Å². The molecule has 0 bridgehead atoms. The Morgan fingerprint density at radius 3 is 1.46 bits per heavy atom. The number of halogens is 1. The quantitative estimate of drug-likeness (QED) is 0.0387. The molecule has 1 heterocycles. The minimum atomic E-state index is -1.61. The molecule has 0 aromatic heterocycles. The zero-order valence-corrected chi connectivity index (χ0v) is 66.3. The smallest absolute Gasteiger partial charge is 0.340 e. The Labute approximate surface area is 607 Å². The molecule has 0 aromatic carbocycles. The highest BCUT2D eigenvalue weighted by Gasteiger charge is 2.46. The normalized spacial score (nSPS) is 26.6. The molecule has 13 amide bonds. The van der Waals surface area contributed by atoms with Gasteiger partial charge in [0.2, 0.25) is 65.0 Å². The highest BCUT2D eigenvalue weighted by molar-refractivity contribution is 6.18. The fourth-order valence-corrected chi connectivity index (χ4v) is 12.8. The second-order valence-electron chi connectivity index (χ2n) is 30.4. The van der Waals surface area contributed by atoms with Crippen LogP contribution >= 0.6 is 11.6 Å². The van der Waals surface area contributed by atoms with Gasteiger partial charge in [-0.2, -0.15) is 5.01 Å². The van der Waals surface area contributed by atoms with Gasteiger partial charge in [0.05, 0.1) is 24.5 Å². The van der Waals surface area contributed by atoms with Gasteiger partial charge in [0.15, 0.2) is 0 Å². The number of allylic oxidation sites excluding steroid dienone is 2. The summed E-state index contributed by atoms with van der Waals surface area (Å²) in [6.45, 7) is 31.7. The van der Waals surface area contributed by atoms with E-state index in [1.807, 2.05) is 61.5 Å². The van der Waals surface area contributed by atoms with E-state index < -0.39 is 162 Å². The van der Waals surface area contributed by atoms with Crippen molar-refractivity contribution in [2.45, 2.75) is 261 Å². The number of nitrogens with zero attached hydrogens (tertiary/aromatic N) is 9. The molecule has 0 radical (unpaired) electrons. The zero-order chi connectivity index (χ0) is 77.9. The summed E-state index contributed by atoms with van der Waals surface area (Å²) in [5.41, 5.74) is 0. The van der Waals surface area contributed by atoms with Gasteiger partial charge in [-0.3, -0.25) is 52.7 Å². The van der Waals surface area contributed by atoms with Crippen LogP contribution in [0.4, 0.5) is 4.79 Å². The molecule has 578 valence electrons. The minimum Gasteiger partial charge on any atom is -0.390 e. The number of urea groups is 1. The Morgan fingerprint density at radius 2 is 1.00 bits per heavy atom. The Morgan fingerprint density at radius 1 is 0.554 bits per heavy atom. The predicted octanol–water partition coefficient (Wildman–Crippen LogP) is 5.77. The van der Waals surface area contributed by atoms with Crippen molar-refractivity contribution in [3.8, 4) is 0 Å². The summed E-state index contributed by atoms with van der Waals surface area (Å²) in [7, 11) is 9.92. The average Bonchev–Trinajstić information content (AvgIpc) is 0.810. The van der Waals surface area contributed by atoms with Gasteiger partial charge >= 0.3 is 6.03 Å². The van der Waals surface area contributed by atoms with Crippen molar-refractivity contribution in [1.82, 2.24) is 65.9 Å². The lowest BCUT2D eigenvalue weighted by Gasteiger charge is -2.41. The first kappa shape index (κ1) is 92.0. The second-order valence-corrected chi connectivity index (χ2v) is 30.8. The Balaban J connectivity index is 0.00000278. The van der Waals surface area contributed by atoms with Crippen LogP contribution in [0.15, 0.2) is 17.4 Å². The molecule has 2 aliphatic rings. The molecule has 12 unspecified atom stereocenters. The number of aliphatic hydroxyl groups excluding tert-OH is 1. The summed E-state index contributed by atoms with van der Waals surface area (Å²) in [5.74, 6) is -8.77. The number of likely N-dealkylation sites (N-methyl/N-ethyl adjacent to an activating group) is 7. The van der Waals surface area contributed by atoms with Crippen LogP contribution in [-0.4, -0.2) is 256 Å². The van der Waals surface area contributed by atoms with Crippen molar-refractivity contribution in [3.05, 3.63) is 17.1 Å². The number of alkyl halides is 1. The van der Waals surface area contributed by atoms with Crippen molar-refractivity contribution >= 4 is 82.6 Å². The highest BCUT2D eigenvalue weighted by atomic mass is 35.5. The van der Waals surface area contributed by atoms with Gasteiger partial charge in [0, 0.05) is 61.3 Å². The first-order chi connectivity index (χ1) is 46.9. The molecule has 2 rings (SSSR count). The van der Waals surface area contributed by atoms with E-state index in [1.54, 1.807) is 54.5 Å². The molecule has 29 heteroatoms. The van der Waals surface area contributed by atoms with Crippen LogP contribution in [0.3, 0.4) is 0 Å². The summed E-state index contributed by atoms with van der Waals surface area (Å²) in [6.07, 6.45) is 7.23. The highest BCUT2D eigenvalue weighted by Crippen LogP contribution is 2.27. The molecule has 2 fully saturated rings. The third kappa shape index (κ3) is 28.0. The predicted molar refractivity (Wildman–Crippen MR) is 392 cm³/mol. The summed E-state index contributed by atoms with van der Waals surface area (Å²) < 4.78 is 0. The molecule has 101 heavy (non-hydrogen) atoms. The van der Waals surface area contributed by atoms with E-state index in [4.69, 9.17) is 11.6 Å². The molecular weight excluding hydrogens is 1320 g/mol. The zero-order valence-electron chi connectivity index (χ0n) is 65.6. The Hall–Kier alpha value is -6.97. The van der Waals surface area contributed by atoms with E-state index in [-0.39, 0.29) is 74.2 Å². The summed E-state index contributed by atoms with van der Waals surface area (Å²) >= 11 is 5.46. The van der Waals surface area contributed by atoms with Gasteiger partial charge in [-0.15, -0.1) is 16.5 Å². The van der Waals surface area contributed by atoms with Crippen LogP contribution in [0.5, 0.6) is 0 Å². The van der Waals surface area contributed by atoms with Crippen LogP contribution < -0.4 is 26.6 Å².